The molecule has 0 aliphatic heterocycles. The standard InChI is InChI=1S/C8H14O4Si/c9-7(10)3-4-8(11)12-5-1-2-6-13/h3-4H,1-2,5-6H2,13H3,(H,9,10)/b4-3-. The second kappa shape index (κ2) is 7.54. The summed E-state index contributed by atoms with van der Waals surface area (Å²) in [6, 6.07) is 1.20. The van der Waals surface area contributed by atoms with Crippen LogP contribution in [0.5, 0.6) is 0 Å². The number of hydrogen-bond donors (Lipinski definition) is 1. The molecule has 0 atom stereocenters. The van der Waals surface area contributed by atoms with Gasteiger partial charge in [-0.15, -0.1) is 0 Å². The summed E-state index contributed by atoms with van der Waals surface area (Å²) >= 11 is 0. The molecule has 0 radical (unpaired) electrons. The molecular weight excluding hydrogens is 188 g/mol. The molecule has 0 aliphatic carbocycles. The molecule has 4 nitrogen and oxygen atoms in total. The molecule has 0 fully saturated rings. The fraction of sp³-hybridized carbons (Fsp3) is 0.500. The fourth-order valence-electron chi connectivity index (χ4n) is 0.712. The van der Waals surface area contributed by atoms with Gasteiger partial charge in [-0.3, -0.25) is 0 Å². The van der Waals surface area contributed by atoms with E-state index in [1.54, 1.807) is 0 Å². The molecule has 0 aromatic heterocycles. The molecule has 0 aromatic rings. The summed E-state index contributed by atoms with van der Waals surface area (Å²) in [5, 5.41) is 8.18. The summed E-state index contributed by atoms with van der Waals surface area (Å²) in [5.41, 5.74) is 0. The molecule has 74 valence electrons. The predicted molar refractivity (Wildman–Crippen MR) is 51.7 cm³/mol. The van der Waals surface area contributed by atoms with Gasteiger partial charge in [0.2, 0.25) is 0 Å². The maximum Gasteiger partial charge on any atom is 0.331 e. The Kier molecular flexibility index (Phi) is 6.90. The highest BCUT2D eigenvalue weighted by Crippen LogP contribution is 1.93. The lowest BCUT2D eigenvalue weighted by Gasteiger charge is -1.99. The topological polar surface area (TPSA) is 63.6 Å². The van der Waals surface area contributed by atoms with Crippen LogP contribution in [0.1, 0.15) is 12.8 Å². The largest absolute Gasteiger partial charge is 0.478 e. The van der Waals surface area contributed by atoms with Gasteiger partial charge in [0.25, 0.3) is 0 Å². The van der Waals surface area contributed by atoms with E-state index in [1.165, 1.54) is 16.3 Å². The number of hydrogen-bond acceptors (Lipinski definition) is 3. The predicted octanol–water partition coefficient (Wildman–Crippen LogP) is -0.266. The summed E-state index contributed by atoms with van der Waals surface area (Å²) in [7, 11) is 1.17. The second-order valence-corrected chi connectivity index (χ2v) is 3.55. The highest BCUT2D eigenvalue weighted by atomic mass is 28.1. The van der Waals surface area contributed by atoms with Crippen molar-refractivity contribution < 1.29 is 19.4 Å². The van der Waals surface area contributed by atoms with Crippen molar-refractivity contribution in [3.8, 4) is 0 Å². The molecule has 0 amide bonds. The van der Waals surface area contributed by atoms with Crippen molar-refractivity contribution in [2.24, 2.45) is 0 Å². The van der Waals surface area contributed by atoms with Crippen LogP contribution < -0.4 is 0 Å². The Hall–Kier alpha value is -1.10. The monoisotopic (exact) mass is 202 g/mol. The van der Waals surface area contributed by atoms with Gasteiger partial charge in [-0.2, -0.15) is 0 Å². The molecule has 5 heteroatoms. The molecule has 13 heavy (non-hydrogen) atoms. The van der Waals surface area contributed by atoms with E-state index in [4.69, 9.17) is 9.84 Å². The lowest BCUT2D eigenvalue weighted by Crippen LogP contribution is -2.03. The van der Waals surface area contributed by atoms with Gasteiger partial charge in [0.05, 0.1) is 6.61 Å². The normalized spacial score (nSPS) is 10.5. The van der Waals surface area contributed by atoms with Crippen LogP contribution >= 0.6 is 0 Å². The first kappa shape index (κ1) is 11.9. The number of rotatable bonds is 6. The minimum Gasteiger partial charge on any atom is -0.478 e. The van der Waals surface area contributed by atoms with Gasteiger partial charge in [0.15, 0.2) is 0 Å². The Bertz CT molecular complexity index is 200. The fourth-order valence-corrected chi connectivity index (χ4v) is 1.21. The van der Waals surface area contributed by atoms with Crippen LogP contribution in [0.25, 0.3) is 0 Å². The van der Waals surface area contributed by atoms with Crippen molar-refractivity contribution in [3.63, 3.8) is 0 Å². The molecule has 0 heterocycles. The number of carboxylic acids is 1. The third-order valence-electron chi connectivity index (χ3n) is 1.35. The zero-order valence-corrected chi connectivity index (χ0v) is 9.66. The molecule has 0 bridgehead atoms. The van der Waals surface area contributed by atoms with E-state index in [9.17, 15) is 9.59 Å². The SMILES string of the molecule is O=C(O)/C=C\C(=O)OCCCC[SiH3]. The number of aliphatic carboxylic acids is 1. The number of carbonyl (C=O) groups is 2. The first-order valence-corrected chi connectivity index (χ1v) is 5.66. The first-order chi connectivity index (χ1) is 6.16. The number of unbranched alkanes of at least 4 members (excludes halogenated alkanes) is 1. The van der Waals surface area contributed by atoms with E-state index < -0.39 is 11.9 Å². The average molecular weight is 202 g/mol. The summed E-state index contributed by atoms with van der Waals surface area (Å²) < 4.78 is 4.72. The van der Waals surface area contributed by atoms with E-state index in [1.807, 2.05) is 0 Å². The van der Waals surface area contributed by atoms with Crippen molar-refractivity contribution in [2.75, 3.05) is 6.61 Å². The van der Waals surface area contributed by atoms with Crippen molar-refractivity contribution in [1.29, 1.82) is 0 Å². The average Bonchev–Trinajstić information content (AvgIpc) is 2.09. The van der Waals surface area contributed by atoms with Crippen LogP contribution in [0.4, 0.5) is 0 Å². The van der Waals surface area contributed by atoms with Gasteiger partial charge in [-0.1, -0.05) is 12.5 Å². The van der Waals surface area contributed by atoms with Crippen LogP contribution in [0, 0.1) is 0 Å². The first-order valence-electron chi connectivity index (χ1n) is 4.24. The minimum atomic E-state index is -1.14. The summed E-state index contributed by atoms with van der Waals surface area (Å²) in [4.78, 5) is 20.7. The van der Waals surface area contributed by atoms with Gasteiger partial charge in [-0.25, -0.2) is 9.59 Å². The highest BCUT2D eigenvalue weighted by Gasteiger charge is 1.97. The van der Waals surface area contributed by atoms with Gasteiger partial charge < -0.3 is 9.84 Å². The number of esters is 1. The number of ether oxygens (including phenoxy) is 1. The molecule has 0 spiro atoms. The lowest BCUT2D eigenvalue weighted by atomic mass is 10.3. The van der Waals surface area contributed by atoms with E-state index in [2.05, 4.69) is 0 Å². The van der Waals surface area contributed by atoms with Gasteiger partial charge in [-0.05, 0) is 6.42 Å². The van der Waals surface area contributed by atoms with Crippen molar-refractivity contribution in [2.45, 2.75) is 18.9 Å². The second-order valence-electron chi connectivity index (χ2n) is 2.55. The zero-order valence-electron chi connectivity index (χ0n) is 7.66. The van der Waals surface area contributed by atoms with Crippen LogP contribution in [0.15, 0.2) is 12.2 Å². The molecule has 0 aliphatic rings. The molecule has 0 saturated carbocycles. The van der Waals surface area contributed by atoms with Crippen molar-refractivity contribution >= 4 is 22.2 Å². The Morgan fingerprint density at radius 1 is 1.31 bits per heavy atom. The van der Waals surface area contributed by atoms with Crippen molar-refractivity contribution in [3.05, 3.63) is 12.2 Å². The van der Waals surface area contributed by atoms with Crippen LogP contribution in [0.2, 0.25) is 6.04 Å². The molecule has 0 rings (SSSR count). The highest BCUT2D eigenvalue weighted by molar-refractivity contribution is 6.08. The molecule has 0 aromatic carbocycles. The van der Waals surface area contributed by atoms with Gasteiger partial charge in [0, 0.05) is 22.4 Å². The van der Waals surface area contributed by atoms with Crippen LogP contribution in [0.3, 0.4) is 0 Å². The Morgan fingerprint density at radius 3 is 2.54 bits per heavy atom. The van der Waals surface area contributed by atoms with Gasteiger partial charge >= 0.3 is 11.9 Å². The van der Waals surface area contributed by atoms with E-state index >= 15 is 0 Å². The zero-order chi connectivity index (χ0) is 10.1. The summed E-state index contributed by atoms with van der Waals surface area (Å²) in [6.07, 6.45) is 3.62. The quantitative estimate of drug-likeness (QED) is 0.279. The minimum absolute atomic E-state index is 0.380. The number of carbonyl (C=O) groups excluding carboxylic acids is 1. The third kappa shape index (κ3) is 8.81. The third-order valence-corrected chi connectivity index (χ3v) is 2.06. The Balaban J connectivity index is 3.46. The number of carboxylic acid groups (broad SMARTS) is 1. The smallest absolute Gasteiger partial charge is 0.331 e. The maximum absolute atomic E-state index is 10.7. The maximum atomic E-state index is 10.7. The summed E-state index contributed by atoms with van der Waals surface area (Å²) in [6.45, 7) is 0.380. The Morgan fingerprint density at radius 2 is 2.00 bits per heavy atom. The van der Waals surface area contributed by atoms with E-state index in [0.717, 1.165) is 25.0 Å². The van der Waals surface area contributed by atoms with E-state index in [-0.39, 0.29) is 0 Å². The van der Waals surface area contributed by atoms with Crippen LogP contribution in [-0.4, -0.2) is 33.9 Å². The van der Waals surface area contributed by atoms with Gasteiger partial charge in [0.1, 0.15) is 0 Å². The van der Waals surface area contributed by atoms with Crippen LogP contribution in [-0.2, 0) is 14.3 Å². The Labute approximate surface area is 80.0 Å². The summed E-state index contributed by atoms with van der Waals surface area (Å²) in [5.74, 6) is -1.73. The molecule has 1 N–H and O–H groups in total. The van der Waals surface area contributed by atoms with E-state index in [0.29, 0.717) is 6.61 Å². The lowest BCUT2D eigenvalue weighted by molar-refractivity contribution is -0.138. The molecule has 0 unspecified atom stereocenters. The van der Waals surface area contributed by atoms with Crippen molar-refractivity contribution in [1.82, 2.24) is 0 Å². The molecule has 0 saturated heterocycles. The molecular formula is C8H14O4Si.